The van der Waals surface area contributed by atoms with Crippen molar-refractivity contribution >= 4 is 60.3 Å². The molecule has 0 aromatic heterocycles. The highest BCUT2D eigenvalue weighted by Gasteiger charge is 1.97. The van der Waals surface area contributed by atoms with E-state index < -0.39 is 0 Å². The first-order chi connectivity index (χ1) is 2.27. The van der Waals surface area contributed by atoms with Crippen LogP contribution in [0.1, 0.15) is 0 Å². The molecule has 5 heteroatoms. The monoisotopic (exact) mass is 314 g/mol. The Labute approximate surface area is 63.7 Å². The summed E-state index contributed by atoms with van der Waals surface area (Å²) in [5.74, 6) is 0. The average Bonchev–Trinajstić information content (AvgIpc) is 1.38. The highest BCUT2D eigenvalue weighted by molar-refractivity contribution is 14.3. The average molecular weight is 314 g/mol. The lowest BCUT2D eigenvalue weighted by Gasteiger charge is -1.82. The number of hydrogen-bond acceptors (Lipinski definition) is 2. The molecule has 0 radical (unpaired) electrons. The highest BCUT2D eigenvalue weighted by atomic mass is 127. The molecule has 0 bridgehead atoms. The zero-order valence-corrected chi connectivity index (χ0v) is 7.40. The minimum Gasteiger partial charge on any atom is -0.352 e. The van der Waals surface area contributed by atoms with Gasteiger partial charge in [0, 0.05) is 0 Å². The normalized spacial score (nSPS) is 7.80. The van der Waals surface area contributed by atoms with E-state index in [9.17, 15) is 0 Å². The number of rotatable bonds is 1. The summed E-state index contributed by atoms with van der Waals surface area (Å²) in [6, 6.07) is 0. The van der Waals surface area contributed by atoms with Crippen LogP contribution in [0.15, 0.2) is 0 Å². The van der Waals surface area contributed by atoms with Crippen molar-refractivity contribution in [2.45, 2.75) is 0 Å². The molecule has 0 spiro atoms. The van der Waals surface area contributed by atoms with Gasteiger partial charge in [0.25, 0.3) is 0 Å². The highest BCUT2D eigenvalue weighted by Crippen LogP contribution is 2.05. The summed E-state index contributed by atoms with van der Waals surface area (Å²) < 4.78 is 4.61. The fourth-order valence-corrected chi connectivity index (χ4v) is 0. The van der Waals surface area contributed by atoms with E-state index in [0.29, 0.717) is 0 Å². The molecular formula is HBI2OS. The Morgan fingerprint density at radius 2 is 1.80 bits per heavy atom. The van der Waals surface area contributed by atoms with Gasteiger partial charge in [-0.2, -0.15) is 0 Å². The maximum absolute atomic E-state index is 4.42. The molecule has 0 unspecified atom stereocenters. The molecule has 0 rings (SSSR count). The second kappa shape index (κ2) is 4.01. The van der Waals surface area contributed by atoms with Crippen molar-refractivity contribution in [3.8, 4) is 0 Å². The van der Waals surface area contributed by atoms with Crippen LogP contribution < -0.4 is 0 Å². The minimum absolute atomic E-state index is 0.188. The maximum Gasteiger partial charge on any atom is 0.449 e. The van der Waals surface area contributed by atoms with Crippen LogP contribution in [0, 0.1) is 0 Å². The van der Waals surface area contributed by atoms with E-state index in [-0.39, 0.29) is 2.63 Å². The molecule has 0 fully saturated rings. The molecular weight excluding hydrogens is 313 g/mol. The topological polar surface area (TPSA) is 9.23 Å². The zero-order chi connectivity index (χ0) is 4.28. The third-order valence-corrected chi connectivity index (χ3v) is 1.60. The summed E-state index contributed by atoms with van der Waals surface area (Å²) in [6.45, 7) is 0. The van der Waals surface area contributed by atoms with E-state index in [0.717, 1.165) is 0 Å². The molecule has 30 valence electrons. The third kappa shape index (κ3) is 5.83. The van der Waals surface area contributed by atoms with E-state index in [2.05, 4.69) is 61.8 Å². The summed E-state index contributed by atoms with van der Waals surface area (Å²) in [5.41, 5.74) is 0. The number of halogens is 2. The lowest BCUT2D eigenvalue weighted by Crippen LogP contribution is -1.84. The second-order valence-corrected chi connectivity index (χ2v) is 5.22. The predicted octanol–water partition coefficient (Wildman–Crippen LogP) is 1.70. The van der Waals surface area contributed by atoms with E-state index in [1.165, 1.54) is 0 Å². The fourth-order valence-electron chi connectivity index (χ4n) is 0. The minimum atomic E-state index is 0.188. The van der Waals surface area contributed by atoms with Crippen LogP contribution in [0.3, 0.4) is 0 Å². The van der Waals surface area contributed by atoms with Crippen molar-refractivity contribution in [2.75, 3.05) is 0 Å². The van der Waals surface area contributed by atoms with E-state index >= 15 is 0 Å². The van der Waals surface area contributed by atoms with Gasteiger partial charge in [0.05, 0.1) is 0 Å². The molecule has 0 amide bonds. The van der Waals surface area contributed by atoms with Gasteiger partial charge in [-0.1, -0.05) is 44.7 Å². The van der Waals surface area contributed by atoms with Gasteiger partial charge in [0.1, 0.15) is 0 Å². The molecule has 0 aromatic carbocycles. The Morgan fingerprint density at radius 3 is 1.80 bits per heavy atom. The smallest absolute Gasteiger partial charge is 0.352 e. The van der Waals surface area contributed by atoms with Crippen molar-refractivity contribution in [3.05, 3.63) is 0 Å². The first-order valence-corrected chi connectivity index (χ1v) is 3.71. The fraction of sp³-hybridized carbons (Fsp3) is 0. The molecule has 0 saturated heterocycles. The van der Waals surface area contributed by atoms with Gasteiger partial charge in [0.15, 0.2) is 0 Å². The Bertz CT molecular complexity index is 23.6. The van der Waals surface area contributed by atoms with Crippen molar-refractivity contribution in [1.82, 2.24) is 0 Å². The Kier molecular flexibility index (Phi) is 5.48. The van der Waals surface area contributed by atoms with E-state index in [1.54, 1.807) is 0 Å². The Balaban J connectivity index is 2.54. The van der Waals surface area contributed by atoms with Crippen molar-refractivity contribution in [2.24, 2.45) is 0 Å². The molecule has 0 heterocycles. The molecule has 0 N–H and O–H groups in total. The predicted molar refractivity (Wildman–Crippen MR) is 43.9 cm³/mol. The molecule has 0 saturated carbocycles. The van der Waals surface area contributed by atoms with Crippen LogP contribution in [0.25, 0.3) is 0 Å². The van der Waals surface area contributed by atoms with Crippen molar-refractivity contribution in [3.63, 3.8) is 0 Å². The first kappa shape index (κ1) is 6.83. The maximum atomic E-state index is 4.42. The van der Waals surface area contributed by atoms with Crippen LogP contribution in [-0.2, 0) is 4.10 Å². The van der Waals surface area contributed by atoms with Crippen molar-refractivity contribution in [1.29, 1.82) is 0 Å². The summed E-state index contributed by atoms with van der Waals surface area (Å²) in [4.78, 5) is 0. The van der Waals surface area contributed by atoms with Gasteiger partial charge in [0.2, 0.25) is 0 Å². The first-order valence-electron chi connectivity index (χ1n) is 0.855. The Hall–Kier alpha value is 1.83. The Morgan fingerprint density at radius 1 is 1.60 bits per heavy atom. The van der Waals surface area contributed by atoms with Crippen molar-refractivity contribution < 1.29 is 4.10 Å². The van der Waals surface area contributed by atoms with Gasteiger partial charge < -0.3 is 4.10 Å². The van der Waals surface area contributed by atoms with E-state index in [1.807, 2.05) is 0 Å². The van der Waals surface area contributed by atoms with E-state index in [4.69, 9.17) is 0 Å². The van der Waals surface area contributed by atoms with Crippen LogP contribution >= 0.6 is 57.7 Å². The number of thiol groups is 1. The molecule has 0 aromatic rings. The quantitative estimate of drug-likeness (QED) is 0.335. The van der Waals surface area contributed by atoms with Gasteiger partial charge in [-0.25, -0.2) is 0 Å². The lowest BCUT2D eigenvalue weighted by molar-refractivity contribution is 0.734. The van der Waals surface area contributed by atoms with Gasteiger partial charge in [-0.05, 0) is 12.9 Å². The van der Waals surface area contributed by atoms with Gasteiger partial charge in [-0.3, -0.25) is 0 Å². The summed E-state index contributed by atoms with van der Waals surface area (Å²) in [5, 5.41) is 0. The summed E-state index contributed by atoms with van der Waals surface area (Å²) in [6.07, 6.45) is 0. The molecule has 1 nitrogen and oxygen atoms in total. The van der Waals surface area contributed by atoms with Gasteiger partial charge >= 0.3 is 2.63 Å². The largest absolute Gasteiger partial charge is 0.449 e. The standard InChI is InChI=1S/BHI2OS/c2-1(3)4-5/h5H. The molecule has 0 aliphatic heterocycles. The van der Waals surface area contributed by atoms with Crippen LogP contribution in [0.5, 0.6) is 0 Å². The third-order valence-electron chi connectivity index (χ3n) is 0.0797. The molecule has 0 atom stereocenters. The summed E-state index contributed by atoms with van der Waals surface area (Å²) >= 11 is 7.69. The lowest BCUT2D eigenvalue weighted by atomic mass is 10.6. The van der Waals surface area contributed by atoms with Gasteiger partial charge in [-0.15, -0.1) is 0 Å². The van der Waals surface area contributed by atoms with Crippen LogP contribution in [-0.4, -0.2) is 2.63 Å². The zero-order valence-electron chi connectivity index (χ0n) is 2.19. The molecule has 0 aliphatic carbocycles. The number of hydrogen-bond donors (Lipinski definition) is 1. The SMILES string of the molecule is SOB(I)I. The molecule has 0 aliphatic rings. The van der Waals surface area contributed by atoms with Crippen LogP contribution in [0.2, 0.25) is 0 Å². The van der Waals surface area contributed by atoms with Crippen LogP contribution in [0.4, 0.5) is 0 Å². The summed E-state index contributed by atoms with van der Waals surface area (Å²) in [7, 11) is 0. The molecule has 5 heavy (non-hydrogen) atoms. The second-order valence-electron chi connectivity index (χ2n) is 0.366.